The summed E-state index contributed by atoms with van der Waals surface area (Å²) in [4.78, 5) is 2.35. The second-order valence-electron chi connectivity index (χ2n) is 3.95. The summed E-state index contributed by atoms with van der Waals surface area (Å²) in [6, 6.07) is 8.84. The van der Waals surface area contributed by atoms with Gasteiger partial charge in [-0.2, -0.15) is 0 Å². The van der Waals surface area contributed by atoms with Gasteiger partial charge in [0.1, 0.15) is 0 Å². The van der Waals surface area contributed by atoms with Crippen molar-refractivity contribution in [2.75, 3.05) is 11.4 Å². The van der Waals surface area contributed by atoms with Crippen LogP contribution in [0.1, 0.15) is 12.0 Å². The third-order valence-corrected chi connectivity index (χ3v) is 3.24. The predicted molar refractivity (Wildman–Crippen MR) is 51.9 cm³/mol. The van der Waals surface area contributed by atoms with Gasteiger partial charge in [0.2, 0.25) is 0 Å². The highest BCUT2D eigenvalue weighted by molar-refractivity contribution is 5.60. The van der Waals surface area contributed by atoms with E-state index in [-0.39, 0.29) is 6.10 Å². The third kappa shape index (κ3) is 0.923. The number of anilines is 1. The highest BCUT2D eigenvalue weighted by Gasteiger charge is 2.38. The number of rotatable bonds is 0. The van der Waals surface area contributed by atoms with Crippen LogP contribution in [0.5, 0.6) is 0 Å². The monoisotopic (exact) mass is 175 g/mol. The van der Waals surface area contributed by atoms with E-state index < -0.39 is 0 Å². The Morgan fingerprint density at radius 2 is 2.15 bits per heavy atom. The summed E-state index contributed by atoms with van der Waals surface area (Å²) in [5.74, 6) is 0. The normalized spacial score (nSPS) is 30.4. The van der Waals surface area contributed by atoms with Crippen molar-refractivity contribution in [1.29, 1.82) is 0 Å². The summed E-state index contributed by atoms with van der Waals surface area (Å²) in [7, 11) is 0. The van der Waals surface area contributed by atoms with Gasteiger partial charge in [-0.1, -0.05) is 18.2 Å². The summed E-state index contributed by atoms with van der Waals surface area (Å²) < 4.78 is 0. The van der Waals surface area contributed by atoms with Gasteiger partial charge in [0.05, 0.1) is 12.1 Å². The molecular formula is C11H13NO. The third-order valence-electron chi connectivity index (χ3n) is 3.24. The predicted octanol–water partition coefficient (Wildman–Crippen LogP) is 1.18. The number of hydrogen-bond acceptors (Lipinski definition) is 2. The molecular weight excluding hydrogens is 162 g/mol. The Morgan fingerprint density at radius 3 is 3.08 bits per heavy atom. The van der Waals surface area contributed by atoms with Crippen LogP contribution in [0.3, 0.4) is 0 Å². The van der Waals surface area contributed by atoms with Crippen LogP contribution in [0.15, 0.2) is 24.3 Å². The molecule has 0 bridgehead atoms. The van der Waals surface area contributed by atoms with E-state index in [4.69, 9.17) is 0 Å². The molecule has 2 heterocycles. The number of aliphatic hydroxyl groups excluding tert-OH is 1. The molecule has 2 nitrogen and oxygen atoms in total. The van der Waals surface area contributed by atoms with Crippen LogP contribution in [0, 0.1) is 0 Å². The topological polar surface area (TPSA) is 23.5 Å². The lowest BCUT2D eigenvalue weighted by atomic mass is 10.1. The van der Waals surface area contributed by atoms with E-state index in [1.165, 1.54) is 11.3 Å². The van der Waals surface area contributed by atoms with E-state index in [0.29, 0.717) is 6.04 Å². The Bertz CT molecular complexity index is 337. The first-order valence-electron chi connectivity index (χ1n) is 4.89. The zero-order chi connectivity index (χ0) is 8.84. The minimum Gasteiger partial charge on any atom is -0.391 e. The minimum atomic E-state index is -0.118. The molecule has 0 radical (unpaired) electrons. The van der Waals surface area contributed by atoms with Crippen molar-refractivity contribution >= 4 is 5.69 Å². The highest BCUT2D eigenvalue weighted by Crippen LogP contribution is 2.37. The van der Waals surface area contributed by atoms with E-state index >= 15 is 0 Å². The molecule has 2 aliphatic rings. The van der Waals surface area contributed by atoms with Gasteiger partial charge in [-0.3, -0.25) is 0 Å². The maximum absolute atomic E-state index is 9.73. The molecule has 1 fully saturated rings. The molecule has 3 rings (SSSR count). The van der Waals surface area contributed by atoms with Crippen molar-refractivity contribution in [3.05, 3.63) is 29.8 Å². The first-order chi connectivity index (χ1) is 6.36. The Kier molecular flexibility index (Phi) is 1.41. The minimum absolute atomic E-state index is 0.118. The molecule has 2 unspecified atom stereocenters. The molecule has 0 aliphatic carbocycles. The molecule has 1 aromatic carbocycles. The van der Waals surface area contributed by atoms with Crippen LogP contribution in [0.25, 0.3) is 0 Å². The van der Waals surface area contributed by atoms with Crippen LogP contribution >= 0.6 is 0 Å². The standard InChI is InChI=1S/C11H13NO/c13-11-5-6-12-9-4-2-1-3-8(9)7-10(11)12/h1-4,10-11,13H,5-7H2. The van der Waals surface area contributed by atoms with Crippen LogP contribution in [0.2, 0.25) is 0 Å². The number of para-hydroxylation sites is 1. The van der Waals surface area contributed by atoms with Crippen molar-refractivity contribution in [2.45, 2.75) is 25.0 Å². The fraction of sp³-hybridized carbons (Fsp3) is 0.455. The van der Waals surface area contributed by atoms with E-state index in [1.807, 2.05) is 0 Å². The molecule has 2 atom stereocenters. The Labute approximate surface area is 77.8 Å². The quantitative estimate of drug-likeness (QED) is 0.640. The molecule has 68 valence electrons. The fourth-order valence-electron chi connectivity index (χ4n) is 2.57. The van der Waals surface area contributed by atoms with Crippen LogP contribution in [0.4, 0.5) is 5.69 Å². The van der Waals surface area contributed by atoms with Gasteiger partial charge in [-0.15, -0.1) is 0 Å². The van der Waals surface area contributed by atoms with Crippen molar-refractivity contribution in [3.8, 4) is 0 Å². The molecule has 1 saturated heterocycles. The second kappa shape index (κ2) is 2.48. The number of hydrogen-bond donors (Lipinski definition) is 1. The average molecular weight is 175 g/mol. The molecule has 13 heavy (non-hydrogen) atoms. The van der Waals surface area contributed by atoms with E-state index in [1.54, 1.807) is 0 Å². The van der Waals surface area contributed by atoms with Crippen molar-refractivity contribution in [2.24, 2.45) is 0 Å². The fourth-order valence-corrected chi connectivity index (χ4v) is 2.57. The number of fused-ring (bicyclic) bond motifs is 3. The lowest BCUT2D eigenvalue weighted by Crippen LogP contribution is -2.31. The van der Waals surface area contributed by atoms with Crippen molar-refractivity contribution in [1.82, 2.24) is 0 Å². The SMILES string of the molecule is OC1CCN2c3ccccc3CC12. The lowest BCUT2D eigenvalue weighted by Gasteiger charge is -2.19. The van der Waals surface area contributed by atoms with E-state index in [9.17, 15) is 5.11 Å². The second-order valence-corrected chi connectivity index (χ2v) is 3.95. The van der Waals surface area contributed by atoms with E-state index in [0.717, 1.165) is 19.4 Å². The van der Waals surface area contributed by atoms with Gasteiger partial charge in [-0.25, -0.2) is 0 Å². The Morgan fingerprint density at radius 1 is 1.31 bits per heavy atom. The number of aliphatic hydroxyl groups is 1. The van der Waals surface area contributed by atoms with Gasteiger partial charge >= 0.3 is 0 Å². The summed E-state index contributed by atoms with van der Waals surface area (Å²) in [5.41, 5.74) is 2.73. The van der Waals surface area contributed by atoms with Crippen molar-refractivity contribution < 1.29 is 5.11 Å². The summed E-state index contributed by atoms with van der Waals surface area (Å²) in [5, 5.41) is 9.73. The van der Waals surface area contributed by atoms with Gasteiger partial charge in [-0.05, 0) is 24.5 Å². The van der Waals surface area contributed by atoms with Crippen LogP contribution < -0.4 is 4.90 Å². The molecule has 1 aromatic rings. The number of nitrogens with zero attached hydrogens (tertiary/aromatic N) is 1. The molecule has 2 heteroatoms. The molecule has 1 N–H and O–H groups in total. The van der Waals surface area contributed by atoms with Gasteiger partial charge < -0.3 is 10.0 Å². The Balaban J connectivity index is 2.05. The summed E-state index contributed by atoms with van der Waals surface area (Å²) in [6.45, 7) is 1.02. The Hall–Kier alpha value is -1.02. The van der Waals surface area contributed by atoms with Gasteiger partial charge in [0.15, 0.2) is 0 Å². The number of benzene rings is 1. The molecule has 0 amide bonds. The maximum Gasteiger partial charge on any atom is 0.0763 e. The van der Waals surface area contributed by atoms with Gasteiger partial charge in [0.25, 0.3) is 0 Å². The smallest absolute Gasteiger partial charge is 0.0763 e. The molecule has 0 spiro atoms. The molecule has 0 saturated carbocycles. The zero-order valence-electron chi connectivity index (χ0n) is 7.48. The average Bonchev–Trinajstić information content (AvgIpc) is 2.67. The highest BCUT2D eigenvalue weighted by atomic mass is 16.3. The first-order valence-corrected chi connectivity index (χ1v) is 4.89. The van der Waals surface area contributed by atoms with Crippen LogP contribution in [-0.2, 0) is 6.42 Å². The summed E-state index contributed by atoms with van der Waals surface area (Å²) in [6.07, 6.45) is 1.84. The molecule has 2 aliphatic heterocycles. The lowest BCUT2D eigenvalue weighted by molar-refractivity contribution is 0.166. The van der Waals surface area contributed by atoms with Crippen molar-refractivity contribution in [3.63, 3.8) is 0 Å². The zero-order valence-corrected chi connectivity index (χ0v) is 7.48. The van der Waals surface area contributed by atoms with Crippen LogP contribution in [-0.4, -0.2) is 23.8 Å². The maximum atomic E-state index is 9.73. The molecule has 0 aromatic heterocycles. The van der Waals surface area contributed by atoms with E-state index in [2.05, 4.69) is 29.2 Å². The van der Waals surface area contributed by atoms with Gasteiger partial charge in [0, 0.05) is 12.2 Å². The summed E-state index contributed by atoms with van der Waals surface area (Å²) >= 11 is 0. The first kappa shape index (κ1) is 7.39. The largest absolute Gasteiger partial charge is 0.391 e.